The van der Waals surface area contributed by atoms with E-state index in [2.05, 4.69) is 127 Å². The van der Waals surface area contributed by atoms with E-state index >= 15 is 17.6 Å². The van der Waals surface area contributed by atoms with Gasteiger partial charge in [0.25, 0.3) is 17.7 Å². The van der Waals surface area contributed by atoms with Crippen LogP contribution in [0.5, 0.6) is 0 Å². The van der Waals surface area contributed by atoms with Crippen LogP contribution >= 0.6 is 127 Å². The summed E-state index contributed by atoms with van der Waals surface area (Å²) in [6.45, 7) is -0.736. The Kier molecular flexibility index (Phi) is 9.80. The number of benzene rings is 7. The molecule has 0 aromatic heterocycles. The molecule has 300 valence electrons. The SMILES string of the molecule is O=C1c2c(Br)c(Br)c3c4c(Br)c(Br)c5c6c(c(Br)c(Br)c(c7c(Br)c(Br)c(c2c73)CN1c1c(F)c(F)c(F)c(F)c1F)c64)C(=O)N(c1c(F)c(F)c(F)c(F)c1F)C5=O. The van der Waals surface area contributed by atoms with Gasteiger partial charge < -0.3 is 0 Å². The van der Waals surface area contributed by atoms with Crippen molar-refractivity contribution >= 4 is 200 Å². The monoisotopic (exact) mass is 1330 g/mol. The van der Waals surface area contributed by atoms with Gasteiger partial charge in [-0.2, -0.15) is 0 Å². The van der Waals surface area contributed by atoms with Gasteiger partial charge in [0.15, 0.2) is 46.5 Å². The van der Waals surface area contributed by atoms with Crippen LogP contribution in [-0.2, 0) is 6.54 Å². The van der Waals surface area contributed by atoms with Crippen LogP contribution in [0.4, 0.5) is 55.3 Å². The molecule has 0 atom stereocenters. The van der Waals surface area contributed by atoms with E-state index in [1.807, 2.05) is 0 Å². The molecule has 23 heteroatoms. The lowest BCUT2D eigenvalue weighted by atomic mass is 9.82. The van der Waals surface area contributed by atoms with E-state index in [0.717, 1.165) is 0 Å². The normalized spacial score (nSPS) is 14.2. The van der Waals surface area contributed by atoms with Gasteiger partial charge >= 0.3 is 0 Å². The summed E-state index contributed by atoms with van der Waals surface area (Å²) in [6.07, 6.45) is 0. The van der Waals surface area contributed by atoms with Crippen molar-refractivity contribution in [3.63, 3.8) is 0 Å². The molecule has 7 aromatic rings. The van der Waals surface area contributed by atoms with Crippen LogP contribution in [0.1, 0.15) is 36.6 Å². The molecule has 0 saturated heterocycles. The second-order valence-corrected chi connectivity index (χ2v) is 19.1. The van der Waals surface area contributed by atoms with Crippen molar-refractivity contribution in [3.05, 3.63) is 116 Å². The fraction of sp³-hybridized carbons (Fsp3) is 0.0278. The molecule has 3 amide bonds. The van der Waals surface area contributed by atoms with Crippen LogP contribution in [0.3, 0.4) is 0 Å². The largest absolute Gasteiger partial charge is 0.298 e. The van der Waals surface area contributed by atoms with Crippen molar-refractivity contribution < 1.29 is 58.3 Å². The number of nitrogens with zero attached hydrogens (tertiary/aromatic N) is 2. The van der Waals surface area contributed by atoms with E-state index in [0.29, 0.717) is 4.90 Å². The number of rotatable bonds is 2. The summed E-state index contributed by atoms with van der Waals surface area (Å²) in [6, 6.07) is 0. The van der Waals surface area contributed by atoms with Gasteiger partial charge in [-0.1, -0.05) is 0 Å². The molecular formula is C36H2Br8F10N2O3. The average molecular weight is 1340 g/mol. The predicted molar refractivity (Wildman–Crippen MR) is 223 cm³/mol. The first-order chi connectivity index (χ1) is 27.6. The molecule has 0 bridgehead atoms. The summed E-state index contributed by atoms with van der Waals surface area (Å²) in [5.41, 5.74) is -4.37. The molecule has 0 unspecified atom stereocenters. The number of carbonyl (C=O) groups excluding carboxylic acids is 3. The number of anilines is 2. The summed E-state index contributed by atoms with van der Waals surface area (Å²) in [5.74, 6) is -27.9. The van der Waals surface area contributed by atoms with Gasteiger partial charge in [0, 0.05) is 78.9 Å². The number of carbonyl (C=O) groups is 3. The van der Waals surface area contributed by atoms with Gasteiger partial charge in [-0.3, -0.25) is 19.3 Å². The molecule has 7 aromatic carbocycles. The molecule has 0 fully saturated rings. The van der Waals surface area contributed by atoms with Gasteiger partial charge in [0.05, 0.1) is 23.2 Å². The zero-order valence-electron chi connectivity index (χ0n) is 27.1. The fourth-order valence-electron chi connectivity index (χ4n) is 7.70. The standard InChI is InChI=1S/C36H2Br8F10N2O3/c37-14-2-1-55(32-28(51)24(47)22(45)25(48)29(32)52)34(57)11-3(2)4-7(15(14)38)9-5-6-12(20(43)17(9)40)35(58)56(33-30(53)26(49)23(46)27(50)31(33)54)36(59)13(6)21(44)18(41)10(5)8(4)16(39)19(11)42/h1H2. The molecule has 5 nitrogen and oxygen atoms in total. The molecule has 2 aliphatic heterocycles. The maximum atomic E-state index is 15.3. The van der Waals surface area contributed by atoms with Crippen LogP contribution in [0, 0.1) is 58.2 Å². The molecule has 0 spiro atoms. The Bertz CT molecular complexity index is 3190. The second-order valence-electron chi connectivity index (χ2n) is 12.8. The third kappa shape index (κ3) is 5.06. The van der Waals surface area contributed by atoms with Crippen LogP contribution < -0.4 is 9.80 Å². The minimum absolute atomic E-state index is 0.0424. The van der Waals surface area contributed by atoms with Gasteiger partial charge in [-0.05, 0) is 133 Å². The van der Waals surface area contributed by atoms with E-state index in [-0.39, 0.29) is 94.9 Å². The summed E-state index contributed by atoms with van der Waals surface area (Å²) in [5, 5.41) is 1.32. The van der Waals surface area contributed by atoms with E-state index < -0.39 is 105 Å². The lowest BCUT2D eigenvalue weighted by Gasteiger charge is -2.34. The highest BCUT2D eigenvalue weighted by Gasteiger charge is 2.46. The van der Waals surface area contributed by atoms with Gasteiger partial charge in [0.2, 0.25) is 11.6 Å². The molecule has 0 radical (unpaired) electrons. The number of imide groups is 1. The first-order valence-corrected chi connectivity index (χ1v) is 21.9. The Labute approximate surface area is 386 Å². The number of amides is 3. The van der Waals surface area contributed by atoms with Crippen molar-refractivity contribution in [2.45, 2.75) is 6.54 Å². The number of hydrogen-bond donors (Lipinski definition) is 0. The van der Waals surface area contributed by atoms with E-state index in [1.54, 1.807) is 0 Å². The molecule has 2 aliphatic rings. The average Bonchev–Trinajstić information content (AvgIpc) is 3.20. The van der Waals surface area contributed by atoms with Crippen molar-refractivity contribution in [2.24, 2.45) is 0 Å². The lowest BCUT2D eigenvalue weighted by Crippen LogP contribution is -2.42. The quantitative estimate of drug-likeness (QED) is 0.0433. The van der Waals surface area contributed by atoms with Crippen molar-refractivity contribution in [2.75, 3.05) is 9.80 Å². The number of hydrogen-bond acceptors (Lipinski definition) is 3. The second kappa shape index (κ2) is 13.8. The van der Waals surface area contributed by atoms with Gasteiger partial charge in [-0.15, -0.1) is 0 Å². The van der Waals surface area contributed by atoms with Crippen molar-refractivity contribution in [3.8, 4) is 0 Å². The van der Waals surface area contributed by atoms with Gasteiger partial charge in [-0.25, -0.2) is 48.8 Å². The van der Waals surface area contributed by atoms with E-state index in [4.69, 9.17) is 0 Å². The minimum Gasteiger partial charge on any atom is -0.298 e. The summed E-state index contributed by atoms with van der Waals surface area (Å²) in [7, 11) is 0. The molecule has 9 rings (SSSR count). The Morgan fingerprint density at radius 2 is 0.627 bits per heavy atom. The maximum Gasteiger partial charge on any atom is 0.267 e. The number of halogens is 18. The lowest BCUT2D eigenvalue weighted by molar-refractivity contribution is 0.0887. The first kappa shape index (κ1) is 41.9. The van der Waals surface area contributed by atoms with Crippen molar-refractivity contribution in [1.29, 1.82) is 0 Å². The highest BCUT2D eigenvalue weighted by molar-refractivity contribution is 9.14. The molecule has 0 saturated carbocycles. The van der Waals surface area contributed by atoms with Crippen LogP contribution in [-0.4, -0.2) is 17.7 Å². The number of fused-ring (bicyclic) bond motifs is 2. The summed E-state index contributed by atoms with van der Waals surface area (Å²) in [4.78, 5) is 43.4. The molecule has 2 heterocycles. The topological polar surface area (TPSA) is 57.7 Å². The van der Waals surface area contributed by atoms with Crippen LogP contribution in [0.25, 0.3) is 43.1 Å². The zero-order chi connectivity index (χ0) is 43.1. The molecule has 0 aliphatic carbocycles. The third-order valence-electron chi connectivity index (χ3n) is 10.1. The zero-order valence-corrected chi connectivity index (χ0v) is 39.8. The highest BCUT2D eigenvalue weighted by atomic mass is 79.9. The Morgan fingerprint density at radius 3 is 1.02 bits per heavy atom. The molecule has 0 N–H and O–H groups in total. The third-order valence-corrected chi connectivity index (χ3v) is 18.7. The summed E-state index contributed by atoms with van der Waals surface area (Å²) >= 11 is 27.6. The van der Waals surface area contributed by atoms with E-state index in [1.165, 1.54) is 0 Å². The molecular weight excluding hydrogens is 1340 g/mol. The first-order valence-electron chi connectivity index (χ1n) is 15.6. The Morgan fingerprint density at radius 1 is 0.322 bits per heavy atom. The Hall–Kier alpha value is -2.41. The highest BCUT2D eigenvalue weighted by Crippen LogP contribution is 2.60. The van der Waals surface area contributed by atoms with Crippen molar-refractivity contribution in [1.82, 2.24) is 0 Å². The van der Waals surface area contributed by atoms with Crippen LogP contribution in [0.15, 0.2) is 35.8 Å². The smallest absolute Gasteiger partial charge is 0.267 e. The van der Waals surface area contributed by atoms with Gasteiger partial charge in [0.1, 0.15) is 11.4 Å². The summed E-state index contributed by atoms with van der Waals surface area (Å²) < 4.78 is 147. The maximum absolute atomic E-state index is 15.3. The Balaban J connectivity index is 1.45. The van der Waals surface area contributed by atoms with E-state index in [9.17, 15) is 40.7 Å². The van der Waals surface area contributed by atoms with Crippen LogP contribution in [0.2, 0.25) is 0 Å². The fourth-order valence-corrected chi connectivity index (χ4v) is 12.3. The predicted octanol–water partition coefficient (Wildman–Crippen LogP) is 15.2. The minimum atomic E-state index is -2.52. The molecule has 59 heavy (non-hydrogen) atoms.